The van der Waals surface area contributed by atoms with Gasteiger partial charge in [0, 0.05) is 12.6 Å². The van der Waals surface area contributed by atoms with Crippen LogP contribution in [-0.4, -0.2) is 30.7 Å². The van der Waals surface area contributed by atoms with Gasteiger partial charge in [0.15, 0.2) is 0 Å². The van der Waals surface area contributed by atoms with Crippen LogP contribution in [0.1, 0.15) is 35.5 Å². The van der Waals surface area contributed by atoms with E-state index in [2.05, 4.69) is 15.8 Å². The Labute approximate surface area is 113 Å². The zero-order valence-electron chi connectivity index (χ0n) is 10.6. The van der Waals surface area contributed by atoms with Crippen LogP contribution in [0.3, 0.4) is 0 Å². The first-order chi connectivity index (χ1) is 8.25. The number of hydrogen-bond acceptors (Lipinski definition) is 4. The molecule has 1 unspecified atom stereocenters. The molecule has 5 nitrogen and oxygen atoms in total. The average Bonchev–Trinajstić information content (AvgIpc) is 2.77. The Morgan fingerprint density at radius 2 is 2.50 bits per heavy atom. The third kappa shape index (κ3) is 4.31. The molecule has 0 aromatic carbocycles. The molecule has 0 radical (unpaired) electrons. The summed E-state index contributed by atoms with van der Waals surface area (Å²) < 4.78 is 4.89. The Morgan fingerprint density at radius 3 is 3.11 bits per heavy atom. The summed E-state index contributed by atoms with van der Waals surface area (Å²) in [5.41, 5.74) is 0.728. The summed E-state index contributed by atoms with van der Waals surface area (Å²) in [6.45, 7) is 4.69. The molecule has 102 valence electrons. The molecular formula is C12H20ClN3O2. The molecule has 0 saturated carbocycles. The van der Waals surface area contributed by atoms with Gasteiger partial charge in [0.1, 0.15) is 0 Å². The summed E-state index contributed by atoms with van der Waals surface area (Å²) in [6.07, 6.45) is 3.51. The molecule has 1 amide bonds. The van der Waals surface area contributed by atoms with E-state index in [-0.39, 0.29) is 18.3 Å². The van der Waals surface area contributed by atoms with Gasteiger partial charge in [0.25, 0.3) is 5.91 Å². The van der Waals surface area contributed by atoms with E-state index in [9.17, 15) is 4.79 Å². The van der Waals surface area contributed by atoms with E-state index in [4.69, 9.17) is 4.52 Å². The average molecular weight is 274 g/mol. The first kappa shape index (κ1) is 15.0. The maximum Gasteiger partial charge on any atom is 0.289 e. The molecular weight excluding hydrogens is 254 g/mol. The van der Waals surface area contributed by atoms with Gasteiger partial charge < -0.3 is 15.2 Å². The first-order valence-corrected chi connectivity index (χ1v) is 6.18. The normalized spacial score (nSPS) is 19.1. The van der Waals surface area contributed by atoms with Crippen molar-refractivity contribution in [2.45, 2.75) is 26.2 Å². The lowest BCUT2D eigenvalue weighted by Gasteiger charge is -2.22. The second-order valence-corrected chi connectivity index (χ2v) is 4.59. The number of carbonyl (C=O) groups excluding carboxylic acids is 1. The molecule has 6 heteroatoms. The highest BCUT2D eigenvalue weighted by Crippen LogP contribution is 2.13. The van der Waals surface area contributed by atoms with Gasteiger partial charge in [-0.1, -0.05) is 5.16 Å². The van der Waals surface area contributed by atoms with Gasteiger partial charge in [-0.15, -0.1) is 12.4 Å². The molecule has 0 aliphatic carbocycles. The van der Waals surface area contributed by atoms with Crippen molar-refractivity contribution in [1.82, 2.24) is 15.8 Å². The molecule has 1 aromatic rings. The SMILES string of the molecule is Cc1cc(C(=O)NCCC2CCCNC2)on1.Cl. The smallest absolute Gasteiger partial charge is 0.289 e. The number of carbonyl (C=O) groups is 1. The van der Waals surface area contributed by atoms with Crippen molar-refractivity contribution in [3.8, 4) is 0 Å². The summed E-state index contributed by atoms with van der Waals surface area (Å²) in [6, 6.07) is 1.65. The summed E-state index contributed by atoms with van der Waals surface area (Å²) in [7, 11) is 0. The number of hydrogen-bond donors (Lipinski definition) is 2. The third-order valence-corrected chi connectivity index (χ3v) is 3.09. The molecule has 1 atom stereocenters. The molecule has 18 heavy (non-hydrogen) atoms. The third-order valence-electron chi connectivity index (χ3n) is 3.09. The number of nitrogens with zero attached hydrogens (tertiary/aromatic N) is 1. The Hall–Kier alpha value is -1.07. The fraction of sp³-hybridized carbons (Fsp3) is 0.667. The van der Waals surface area contributed by atoms with E-state index in [1.165, 1.54) is 12.8 Å². The van der Waals surface area contributed by atoms with E-state index in [1.54, 1.807) is 13.0 Å². The predicted octanol–water partition coefficient (Wildman–Crippen LogP) is 1.52. The number of aromatic nitrogens is 1. The summed E-state index contributed by atoms with van der Waals surface area (Å²) in [5, 5.41) is 9.92. The second kappa shape index (κ2) is 7.38. The van der Waals surface area contributed by atoms with Crippen LogP contribution >= 0.6 is 12.4 Å². The maximum atomic E-state index is 11.6. The van der Waals surface area contributed by atoms with Gasteiger partial charge in [-0.3, -0.25) is 4.79 Å². The van der Waals surface area contributed by atoms with Crippen molar-refractivity contribution in [3.05, 3.63) is 17.5 Å². The van der Waals surface area contributed by atoms with E-state index >= 15 is 0 Å². The van der Waals surface area contributed by atoms with Crippen LogP contribution in [0.5, 0.6) is 0 Å². The highest BCUT2D eigenvalue weighted by molar-refractivity contribution is 5.91. The molecule has 2 rings (SSSR count). The molecule has 1 aliphatic rings. The quantitative estimate of drug-likeness (QED) is 0.873. The molecule has 2 N–H and O–H groups in total. The highest BCUT2D eigenvalue weighted by atomic mass is 35.5. The van der Waals surface area contributed by atoms with E-state index in [0.717, 1.165) is 25.2 Å². The topological polar surface area (TPSA) is 67.2 Å². The van der Waals surface area contributed by atoms with E-state index in [0.29, 0.717) is 18.2 Å². The minimum Gasteiger partial charge on any atom is -0.351 e. The van der Waals surface area contributed by atoms with Crippen LogP contribution in [0.2, 0.25) is 0 Å². The van der Waals surface area contributed by atoms with Crippen LogP contribution < -0.4 is 10.6 Å². The Kier molecular flexibility index (Phi) is 6.15. The van der Waals surface area contributed by atoms with Gasteiger partial charge in [0.05, 0.1) is 5.69 Å². The predicted molar refractivity (Wildman–Crippen MR) is 71.0 cm³/mol. The van der Waals surface area contributed by atoms with Crippen molar-refractivity contribution in [2.24, 2.45) is 5.92 Å². The number of piperidine rings is 1. The molecule has 2 heterocycles. The van der Waals surface area contributed by atoms with Gasteiger partial charge in [-0.2, -0.15) is 0 Å². The molecule has 0 spiro atoms. The Bertz CT molecular complexity index is 375. The van der Waals surface area contributed by atoms with E-state index < -0.39 is 0 Å². The van der Waals surface area contributed by atoms with Crippen LogP contribution in [0, 0.1) is 12.8 Å². The van der Waals surface area contributed by atoms with Crippen molar-refractivity contribution in [2.75, 3.05) is 19.6 Å². The van der Waals surface area contributed by atoms with Crippen LogP contribution in [-0.2, 0) is 0 Å². The lowest BCUT2D eigenvalue weighted by atomic mass is 9.96. The number of nitrogens with one attached hydrogen (secondary N) is 2. The van der Waals surface area contributed by atoms with Crippen LogP contribution in [0.4, 0.5) is 0 Å². The maximum absolute atomic E-state index is 11.6. The van der Waals surface area contributed by atoms with Gasteiger partial charge >= 0.3 is 0 Å². The van der Waals surface area contributed by atoms with Crippen LogP contribution in [0.15, 0.2) is 10.6 Å². The summed E-state index contributed by atoms with van der Waals surface area (Å²) in [5.74, 6) is 0.805. The lowest BCUT2D eigenvalue weighted by Crippen LogP contribution is -2.33. The standard InChI is InChI=1S/C12H19N3O2.ClH/c1-9-7-11(17-15-9)12(16)14-6-4-10-3-2-5-13-8-10;/h7,10,13H,2-6,8H2,1H3,(H,14,16);1H. The van der Waals surface area contributed by atoms with Crippen LogP contribution in [0.25, 0.3) is 0 Å². The number of halogens is 1. The molecule has 1 aliphatic heterocycles. The Morgan fingerprint density at radius 1 is 1.67 bits per heavy atom. The largest absolute Gasteiger partial charge is 0.351 e. The van der Waals surface area contributed by atoms with Crippen molar-refractivity contribution in [1.29, 1.82) is 0 Å². The van der Waals surface area contributed by atoms with Crippen molar-refractivity contribution >= 4 is 18.3 Å². The highest BCUT2D eigenvalue weighted by Gasteiger charge is 2.14. The summed E-state index contributed by atoms with van der Waals surface area (Å²) >= 11 is 0. The number of amides is 1. The zero-order chi connectivity index (χ0) is 12.1. The molecule has 0 bridgehead atoms. The van der Waals surface area contributed by atoms with Gasteiger partial charge in [0.2, 0.25) is 5.76 Å². The first-order valence-electron chi connectivity index (χ1n) is 6.18. The van der Waals surface area contributed by atoms with Crippen molar-refractivity contribution in [3.63, 3.8) is 0 Å². The molecule has 1 fully saturated rings. The number of rotatable bonds is 4. The lowest BCUT2D eigenvalue weighted by molar-refractivity contribution is 0.0913. The molecule has 1 saturated heterocycles. The fourth-order valence-electron chi connectivity index (χ4n) is 2.12. The minimum absolute atomic E-state index is 0. The Balaban J connectivity index is 0.00000162. The summed E-state index contributed by atoms with van der Waals surface area (Å²) in [4.78, 5) is 11.6. The zero-order valence-corrected chi connectivity index (χ0v) is 11.4. The second-order valence-electron chi connectivity index (χ2n) is 4.59. The fourth-order valence-corrected chi connectivity index (χ4v) is 2.12. The van der Waals surface area contributed by atoms with Gasteiger partial charge in [-0.25, -0.2) is 0 Å². The monoisotopic (exact) mass is 273 g/mol. The van der Waals surface area contributed by atoms with E-state index in [1.807, 2.05) is 0 Å². The van der Waals surface area contributed by atoms with Crippen molar-refractivity contribution < 1.29 is 9.32 Å². The van der Waals surface area contributed by atoms with Gasteiger partial charge in [-0.05, 0) is 45.2 Å². The molecule has 1 aromatic heterocycles. The minimum atomic E-state index is -0.172. The number of aryl methyl sites for hydroxylation is 1.